The van der Waals surface area contributed by atoms with E-state index in [9.17, 15) is 24.5 Å². The van der Waals surface area contributed by atoms with E-state index in [1.807, 2.05) is 54.6 Å². The van der Waals surface area contributed by atoms with Crippen molar-refractivity contribution in [1.29, 1.82) is 0 Å². The summed E-state index contributed by atoms with van der Waals surface area (Å²) < 4.78 is 5.54. The Bertz CT molecular complexity index is 2210. The van der Waals surface area contributed by atoms with Crippen molar-refractivity contribution in [1.82, 2.24) is 15.2 Å². The largest absolute Gasteiger partial charge is 0.456 e. The van der Waals surface area contributed by atoms with Gasteiger partial charge in [-0.1, -0.05) is 112 Å². The molecule has 0 spiro atoms. The molecule has 0 radical (unpaired) electrons. The minimum atomic E-state index is -0.970. The molecule has 0 aliphatic carbocycles. The summed E-state index contributed by atoms with van der Waals surface area (Å²) >= 11 is 6.11. The van der Waals surface area contributed by atoms with Crippen molar-refractivity contribution in [2.75, 3.05) is 23.5 Å². The number of hydrogen-bond donors (Lipinski definition) is 2. The fourth-order valence-corrected chi connectivity index (χ4v) is 9.42. The maximum Gasteiger partial charge on any atom is 0.355 e. The number of fused-ring (bicyclic) bond motifs is 1. The Morgan fingerprint density at radius 1 is 0.964 bits per heavy atom. The number of halogens is 1. The molecule has 284 valence electrons. The van der Waals surface area contributed by atoms with E-state index in [-0.39, 0.29) is 29.4 Å². The van der Waals surface area contributed by atoms with Gasteiger partial charge in [-0.15, -0.1) is 23.1 Å². The first-order valence-corrected chi connectivity index (χ1v) is 20.3. The molecule has 0 bridgehead atoms. The van der Waals surface area contributed by atoms with E-state index in [1.54, 1.807) is 5.38 Å². The molecule has 1 unspecified atom stereocenters. The van der Waals surface area contributed by atoms with Crippen LogP contribution in [-0.2, 0) is 36.1 Å². The number of hydrogen-bond acceptors (Lipinski definition) is 12. The van der Waals surface area contributed by atoms with Crippen LogP contribution in [0.25, 0.3) is 0 Å². The Balaban J connectivity index is 1.10. The molecule has 5 aromatic rings. The van der Waals surface area contributed by atoms with E-state index in [2.05, 4.69) is 68.1 Å². The number of aromatic nitrogens is 1. The maximum absolute atomic E-state index is 13.9. The van der Waals surface area contributed by atoms with Crippen molar-refractivity contribution in [2.24, 2.45) is 5.16 Å². The van der Waals surface area contributed by atoms with Gasteiger partial charge in [0.05, 0.1) is 4.92 Å². The standard InChI is InChI=1S/C40H33BrN6O7S2/c1-53-45-32(31-24-56-39(42-31)44-40(27-11-5-2-6-12-27,28-13-7-3-8-14-28)29-15-9-4-10-16-29)35(48)43-33-36(49)46-34(26(21-41)23-55-37(33)46)38(50)54-22-25-17-19-30(20-18-25)47(51)52/h2-20,24,33,37H,21-23H2,1H3,(H,42,44)(H,43,48)/t33?,37-/m0/s1. The van der Waals surface area contributed by atoms with E-state index in [0.29, 0.717) is 27.4 Å². The van der Waals surface area contributed by atoms with Crippen LogP contribution in [0.1, 0.15) is 27.9 Å². The number of carbonyl (C=O) groups is 3. The number of non-ortho nitro benzene ring substituents is 1. The predicted octanol–water partition coefficient (Wildman–Crippen LogP) is 6.60. The van der Waals surface area contributed by atoms with Crippen LogP contribution in [0.5, 0.6) is 0 Å². The molecule has 2 aliphatic heterocycles. The predicted molar refractivity (Wildman–Crippen MR) is 217 cm³/mol. The number of β-lactam (4-membered cyclic amide) rings is 1. The molecule has 2 atom stereocenters. The van der Waals surface area contributed by atoms with Gasteiger partial charge in [0.25, 0.3) is 17.5 Å². The molecule has 56 heavy (non-hydrogen) atoms. The number of thiazole rings is 1. The normalized spacial score (nSPS) is 16.7. The van der Waals surface area contributed by atoms with Crippen LogP contribution in [-0.4, -0.2) is 67.9 Å². The fourth-order valence-electron chi connectivity index (χ4n) is 6.59. The molecular weight excluding hydrogens is 821 g/mol. The second kappa shape index (κ2) is 16.9. The lowest BCUT2D eigenvalue weighted by molar-refractivity contribution is -0.384. The lowest BCUT2D eigenvalue weighted by Gasteiger charge is -2.49. The number of thioether (sulfide) groups is 1. The molecule has 2 N–H and O–H groups in total. The summed E-state index contributed by atoms with van der Waals surface area (Å²) in [5.74, 6) is -1.49. The first kappa shape index (κ1) is 38.4. The van der Waals surface area contributed by atoms with Crippen LogP contribution in [0.3, 0.4) is 0 Å². The van der Waals surface area contributed by atoms with Gasteiger partial charge in [0, 0.05) is 28.6 Å². The van der Waals surface area contributed by atoms with Crippen LogP contribution < -0.4 is 10.6 Å². The van der Waals surface area contributed by atoms with Gasteiger partial charge in [-0.2, -0.15) is 0 Å². The summed E-state index contributed by atoms with van der Waals surface area (Å²) in [4.78, 5) is 62.6. The highest BCUT2D eigenvalue weighted by Gasteiger charge is 2.54. The third-order valence-electron chi connectivity index (χ3n) is 9.26. The molecule has 13 nitrogen and oxygen atoms in total. The Labute approximate surface area is 338 Å². The maximum atomic E-state index is 13.9. The topological polar surface area (TPSA) is 165 Å². The minimum absolute atomic E-state index is 0.0856. The van der Waals surface area contributed by atoms with E-state index < -0.39 is 39.7 Å². The smallest absolute Gasteiger partial charge is 0.355 e. The molecule has 7 rings (SSSR count). The van der Waals surface area contributed by atoms with Gasteiger partial charge in [-0.05, 0) is 40.0 Å². The van der Waals surface area contributed by atoms with Gasteiger partial charge in [0.15, 0.2) is 10.8 Å². The number of alkyl halides is 1. The summed E-state index contributed by atoms with van der Waals surface area (Å²) in [6.45, 7) is -0.152. The minimum Gasteiger partial charge on any atom is -0.456 e. The zero-order valence-electron chi connectivity index (χ0n) is 29.7. The first-order valence-electron chi connectivity index (χ1n) is 17.2. The third kappa shape index (κ3) is 7.54. The van der Waals surface area contributed by atoms with E-state index in [1.165, 1.54) is 59.4 Å². The molecule has 2 aliphatic rings. The number of oxime groups is 1. The number of ether oxygens (including phenoxy) is 1. The SMILES string of the molecule is CON=C(C(=O)NC1C(=O)N2C(C(=O)OCc3ccc([N+](=O)[O-])cc3)=C(CBr)CS[C@@H]12)c1csc(NC(c2ccccc2)(c2ccccc2)c2ccccc2)n1. The Kier molecular flexibility index (Phi) is 11.6. The highest BCUT2D eigenvalue weighted by molar-refractivity contribution is 9.09. The average molecular weight is 854 g/mol. The fraction of sp³-hybridized carbons (Fsp3) is 0.175. The van der Waals surface area contributed by atoms with Crippen LogP contribution in [0.2, 0.25) is 0 Å². The average Bonchev–Trinajstić information content (AvgIpc) is 3.71. The molecule has 1 saturated heterocycles. The van der Waals surface area contributed by atoms with Crippen LogP contribution in [0, 0.1) is 10.1 Å². The number of nitro groups is 1. The van der Waals surface area contributed by atoms with Crippen molar-refractivity contribution in [3.05, 3.63) is 170 Å². The second-order valence-corrected chi connectivity index (χ2v) is 15.1. The Morgan fingerprint density at radius 2 is 1.55 bits per heavy atom. The first-order chi connectivity index (χ1) is 27.2. The third-order valence-corrected chi connectivity index (χ3v) is 12.0. The second-order valence-electron chi connectivity index (χ2n) is 12.6. The van der Waals surface area contributed by atoms with Crippen LogP contribution in [0.4, 0.5) is 10.8 Å². The number of nitrogens with zero attached hydrogens (tertiary/aromatic N) is 4. The van der Waals surface area contributed by atoms with Crippen molar-refractivity contribution in [3.8, 4) is 0 Å². The van der Waals surface area contributed by atoms with Gasteiger partial charge >= 0.3 is 5.97 Å². The highest BCUT2D eigenvalue weighted by atomic mass is 79.9. The quantitative estimate of drug-likeness (QED) is 0.0237. The number of nitro benzene ring substituents is 1. The molecular formula is C40H33BrN6O7S2. The molecule has 16 heteroatoms. The summed E-state index contributed by atoms with van der Waals surface area (Å²) in [6.07, 6.45) is 0. The Morgan fingerprint density at radius 3 is 2.09 bits per heavy atom. The van der Waals surface area contributed by atoms with Gasteiger partial charge < -0.3 is 20.2 Å². The summed E-state index contributed by atoms with van der Waals surface area (Å²) in [5.41, 5.74) is 3.38. The summed E-state index contributed by atoms with van der Waals surface area (Å²) in [7, 11) is 1.32. The summed E-state index contributed by atoms with van der Waals surface area (Å²) in [5, 5.41) is 23.4. The highest BCUT2D eigenvalue weighted by Crippen LogP contribution is 2.42. The van der Waals surface area contributed by atoms with Crippen molar-refractivity contribution in [2.45, 2.75) is 23.6 Å². The number of benzene rings is 4. The zero-order valence-corrected chi connectivity index (χ0v) is 32.9. The monoisotopic (exact) mass is 852 g/mol. The van der Waals surface area contributed by atoms with Gasteiger partial charge in [-0.25, -0.2) is 9.78 Å². The number of rotatable bonds is 14. The Hall–Kier alpha value is -5.84. The van der Waals surface area contributed by atoms with Crippen LogP contribution >= 0.6 is 39.0 Å². The molecule has 0 saturated carbocycles. The molecule has 1 aromatic heterocycles. The summed E-state index contributed by atoms with van der Waals surface area (Å²) in [6, 6.07) is 34.8. The van der Waals surface area contributed by atoms with E-state index >= 15 is 0 Å². The van der Waals surface area contributed by atoms with Crippen molar-refractivity contribution < 1.29 is 28.9 Å². The van der Waals surface area contributed by atoms with Crippen molar-refractivity contribution >= 4 is 73.3 Å². The van der Waals surface area contributed by atoms with Crippen LogP contribution in [0.15, 0.2) is 137 Å². The van der Waals surface area contributed by atoms with E-state index in [0.717, 1.165) is 16.7 Å². The number of nitrogens with one attached hydrogen (secondary N) is 2. The molecule has 1 fully saturated rings. The van der Waals surface area contributed by atoms with Gasteiger partial charge in [0.2, 0.25) is 0 Å². The lowest BCUT2D eigenvalue weighted by atomic mass is 9.77. The molecule has 4 aromatic carbocycles. The molecule has 2 amide bonds. The molecule has 3 heterocycles. The van der Waals surface area contributed by atoms with Crippen molar-refractivity contribution in [3.63, 3.8) is 0 Å². The van der Waals surface area contributed by atoms with Gasteiger partial charge in [0.1, 0.15) is 42.1 Å². The lowest BCUT2D eigenvalue weighted by Crippen LogP contribution is -2.71. The number of anilines is 1. The zero-order chi connectivity index (χ0) is 39.2. The van der Waals surface area contributed by atoms with E-state index in [4.69, 9.17) is 14.6 Å². The number of amides is 2. The van der Waals surface area contributed by atoms with Gasteiger partial charge in [-0.3, -0.25) is 24.6 Å². The number of esters is 1. The number of carbonyl (C=O) groups excluding carboxylic acids is 3.